The predicted octanol–water partition coefficient (Wildman–Crippen LogP) is 3.45. The largest absolute Gasteiger partial charge is 0.352 e. The Balaban J connectivity index is 1.31. The first-order valence-corrected chi connectivity index (χ1v) is 9.50. The fourth-order valence-electron chi connectivity index (χ4n) is 4.05. The van der Waals surface area contributed by atoms with Crippen LogP contribution < -0.4 is 10.6 Å². The van der Waals surface area contributed by atoms with Crippen LogP contribution in [0.5, 0.6) is 0 Å². The maximum atomic E-state index is 12.1. The van der Waals surface area contributed by atoms with Gasteiger partial charge in [0.15, 0.2) is 0 Å². The Bertz CT molecular complexity index is 762. The molecule has 0 spiro atoms. The number of piperidine rings is 1. The molecule has 25 heavy (non-hydrogen) atoms. The second kappa shape index (κ2) is 7.40. The molecular formula is C22H26N2O. The van der Waals surface area contributed by atoms with Crippen molar-refractivity contribution in [1.82, 2.24) is 10.6 Å². The minimum Gasteiger partial charge on any atom is -0.352 e. The molecular weight excluding hydrogens is 308 g/mol. The van der Waals surface area contributed by atoms with E-state index in [1.807, 2.05) is 0 Å². The minimum absolute atomic E-state index is 0.195. The molecule has 4 rings (SSSR count). The van der Waals surface area contributed by atoms with E-state index < -0.39 is 0 Å². The van der Waals surface area contributed by atoms with Gasteiger partial charge in [-0.05, 0) is 66.5 Å². The molecule has 1 aliphatic heterocycles. The molecule has 1 saturated heterocycles. The molecule has 0 saturated carbocycles. The Morgan fingerprint density at radius 2 is 2.00 bits per heavy atom. The Hall–Kier alpha value is -2.13. The number of aryl methyl sites for hydroxylation is 1. The average molecular weight is 334 g/mol. The molecule has 1 aliphatic carbocycles. The summed E-state index contributed by atoms with van der Waals surface area (Å²) in [5.41, 5.74) is 6.94. The molecule has 2 aromatic carbocycles. The van der Waals surface area contributed by atoms with Gasteiger partial charge in [0, 0.05) is 19.0 Å². The Morgan fingerprint density at radius 1 is 1.12 bits per heavy atom. The molecule has 2 aromatic rings. The van der Waals surface area contributed by atoms with E-state index in [1.54, 1.807) is 0 Å². The summed E-state index contributed by atoms with van der Waals surface area (Å²) in [5, 5.41) is 6.50. The normalized spacial score (nSPS) is 18.5. The summed E-state index contributed by atoms with van der Waals surface area (Å²) < 4.78 is 0. The fourth-order valence-corrected chi connectivity index (χ4v) is 4.05. The highest BCUT2D eigenvalue weighted by Gasteiger charge is 2.18. The quantitative estimate of drug-likeness (QED) is 0.750. The molecule has 3 nitrogen and oxygen atoms in total. The van der Waals surface area contributed by atoms with Gasteiger partial charge in [-0.15, -0.1) is 0 Å². The van der Waals surface area contributed by atoms with Crippen LogP contribution in [0.15, 0.2) is 42.5 Å². The molecule has 1 fully saturated rings. The van der Waals surface area contributed by atoms with Crippen molar-refractivity contribution in [1.29, 1.82) is 0 Å². The van der Waals surface area contributed by atoms with Gasteiger partial charge in [0.25, 0.3) is 0 Å². The van der Waals surface area contributed by atoms with E-state index in [1.165, 1.54) is 27.8 Å². The van der Waals surface area contributed by atoms with Gasteiger partial charge < -0.3 is 10.6 Å². The number of benzene rings is 2. The number of amides is 1. The van der Waals surface area contributed by atoms with Crippen molar-refractivity contribution in [2.75, 3.05) is 13.1 Å². The van der Waals surface area contributed by atoms with Gasteiger partial charge in [-0.1, -0.05) is 42.5 Å². The van der Waals surface area contributed by atoms with E-state index in [9.17, 15) is 4.79 Å². The summed E-state index contributed by atoms with van der Waals surface area (Å²) in [6.07, 6.45) is 5.79. The lowest BCUT2D eigenvalue weighted by Crippen LogP contribution is -2.45. The van der Waals surface area contributed by atoms with Crippen LogP contribution in [-0.4, -0.2) is 25.0 Å². The lowest BCUT2D eigenvalue weighted by atomic mass is 10.00. The fraction of sp³-hybridized carbons (Fsp3) is 0.409. The Morgan fingerprint density at radius 3 is 2.88 bits per heavy atom. The second-order valence-corrected chi connectivity index (χ2v) is 7.29. The first kappa shape index (κ1) is 16.3. The van der Waals surface area contributed by atoms with Crippen LogP contribution in [0.3, 0.4) is 0 Å². The molecule has 1 unspecified atom stereocenters. The SMILES string of the molecule is O=C(CCCc1ccc2c(c1)-c1ccccc1C2)NC1CCCNC1. The number of carbonyl (C=O) groups excluding carboxylic acids is 1. The van der Waals surface area contributed by atoms with Crippen LogP contribution in [0.25, 0.3) is 11.1 Å². The highest BCUT2D eigenvalue weighted by molar-refractivity contribution is 5.77. The Kier molecular flexibility index (Phi) is 4.84. The molecule has 2 N–H and O–H groups in total. The van der Waals surface area contributed by atoms with Crippen LogP contribution in [0.4, 0.5) is 0 Å². The van der Waals surface area contributed by atoms with Crippen molar-refractivity contribution >= 4 is 5.91 Å². The highest BCUT2D eigenvalue weighted by Crippen LogP contribution is 2.36. The highest BCUT2D eigenvalue weighted by atomic mass is 16.1. The van der Waals surface area contributed by atoms with Gasteiger partial charge in [0.1, 0.15) is 0 Å². The summed E-state index contributed by atoms with van der Waals surface area (Å²) in [6.45, 7) is 1.99. The molecule has 0 radical (unpaired) electrons. The number of fused-ring (bicyclic) bond motifs is 3. The summed E-state index contributed by atoms with van der Waals surface area (Å²) in [6, 6.07) is 15.8. The summed E-state index contributed by atoms with van der Waals surface area (Å²) >= 11 is 0. The second-order valence-electron chi connectivity index (χ2n) is 7.29. The third-order valence-corrected chi connectivity index (χ3v) is 5.39. The molecule has 0 aromatic heterocycles. The lowest BCUT2D eigenvalue weighted by molar-refractivity contribution is -0.122. The van der Waals surface area contributed by atoms with Crippen molar-refractivity contribution in [3.05, 3.63) is 59.2 Å². The third-order valence-electron chi connectivity index (χ3n) is 5.39. The molecule has 130 valence electrons. The first-order chi connectivity index (χ1) is 12.3. The van der Waals surface area contributed by atoms with Crippen molar-refractivity contribution in [3.8, 4) is 11.1 Å². The van der Waals surface area contributed by atoms with E-state index in [-0.39, 0.29) is 5.91 Å². The van der Waals surface area contributed by atoms with Gasteiger partial charge >= 0.3 is 0 Å². The van der Waals surface area contributed by atoms with Gasteiger partial charge in [-0.2, -0.15) is 0 Å². The van der Waals surface area contributed by atoms with Crippen molar-refractivity contribution in [3.63, 3.8) is 0 Å². The molecule has 1 heterocycles. The summed E-state index contributed by atoms with van der Waals surface area (Å²) in [4.78, 5) is 12.1. The van der Waals surface area contributed by atoms with Crippen LogP contribution in [0.1, 0.15) is 42.4 Å². The zero-order chi connectivity index (χ0) is 17.1. The maximum absolute atomic E-state index is 12.1. The molecule has 1 amide bonds. The predicted molar refractivity (Wildman–Crippen MR) is 102 cm³/mol. The van der Waals surface area contributed by atoms with E-state index in [4.69, 9.17) is 0 Å². The van der Waals surface area contributed by atoms with E-state index in [0.717, 1.165) is 45.2 Å². The smallest absolute Gasteiger partial charge is 0.220 e. The van der Waals surface area contributed by atoms with Gasteiger partial charge in [-0.3, -0.25) is 4.79 Å². The van der Waals surface area contributed by atoms with Gasteiger partial charge in [0.2, 0.25) is 5.91 Å². The van der Waals surface area contributed by atoms with Crippen LogP contribution >= 0.6 is 0 Å². The maximum Gasteiger partial charge on any atom is 0.220 e. The number of rotatable bonds is 5. The standard InChI is InChI=1S/C22H26N2O/c25-22(24-19-7-4-12-23-15-19)9-3-5-16-10-11-18-14-17-6-1-2-8-20(17)21(18)13-16/h1-2,6,8,10-11,13,19,23H,3-5,7,9,12,14-15H2,(H,24,25). The number of hydrogen-bond acceptors (Lipinski definition) is 2. The van der Waals surface area contributed by atoms with Crippen molar-refractivity contribution in [2.24, 2.45) is 0 Å². The monoisotopic (exact) mass is 334 g/mol. The number of hydrogen-bond donors (Lipinski definition) is 2. The van der Waals surface area contributed by atoms with Gasteiger partial charge in [-0.25, -0.2) is 0 Å². The van der Waals surface area contributed by atoms with E-state index in [0.29, 0.717) is 12.5 Å². The van der Waals surface area contributed by atoms with Crippen LogP contribution in [0, 0.1) is 0 Å². The van der Waals surface area contributed by atoms with Crippen molar-refractivity contribution < 1.29 is 4.79 Å². The van der Waals surface area contributed by atoms with Crippen LogP contribution in [0.2, 0.25) is 0 Å². The lowest BCUT2D eigenvalue weighted by Gasteiger charge is -2.23. The molecule has 2 aliphatic rings. The van der Waals surface area contributed by atoms with Gasteiger partial charge in [0.05, 0.1) is 0 Å². The number of carbonyl (C=O) groups is 1. The van der Waals surface area contributed by atoms with E-state index in [2.05, 4.69) is 53.1 Å². The average Bonchev–Trinajstić information content (AvgIpc) is 3.01. The Labute approximate surface area is 149 Å². The third kappa shape index (κ3) is 3.77. The summed E-state index contributed by atoms with van der Waals surface area (Å²) in [5.74, 6) is 0.195. The zero-order valence-corrected chi connectivity index (χ0v) is 14.7. The zero-order valence-electron chi connectivity index (χ0n) is 14.7. The number of nitrogens with one attached hydrogen (secondary N) is 2. The van der Waals surface area contributed by atoms with E-state index >= 15 is 0 Å². The van der Waals surface area contributed by atoms with Crippen LogP contribution in [-0.2, 0) is 17.6 Å². The summed E-state index contributed by atoms with van der Waals surface area (Å²) in [7, 11) is 0. The molecule has 0 bridgehead atoms. The molecule has 1 atom stereocenters. The topological polar surface area (TPSA) is 41.1 Å². The molecule has 3 heteroatoms. The van der Waals surface area contributed by atoms with Crippen molar-refractivity contribution in [2.45, 2.75) is 44.6 Å². The first-order valence-electron chi connectivity index (χ1n) is 9.50. The minimum atomic E-state index is 0.195.